The molecular formula is C70H144. The van der Waals surface area contributed by atoms with Crippen molar-refractivity contribution in [1.29, 1.82) is 0 Å². The van der Waals surface area contributed by atoms with Crippen LogP contribution in [0.2, 0.25) is 0 Å². The normalized spacial score (nSPS) is 22.0. The van der Waals surface area contributed by atoms with Crippen LogP contribution in [0.25, 0.3) is 0 Å². The van der Waals surface area contributed by atoms with Crippen LogP contribution >= 0.6 is 0 Å². The van der Waals surface area contributed by atoms with Gasteiger partial charge in [-0.15, -0.1) is 0 Å². The SMILES string of the molecule is Cc1cccc(C)c1C(C)(C)C.[2H]C(C)(C(C)(C)C)C(C)(C)C.[2H]C(C)(C(C)C)C(C)(C)C.[2H]C(C)(C)C(C)(C)C.[2H]C([2H])([2H])C(C)(C)C.[2H]C([2H])([2H])C([2H])(C([2H])([2H])C)C(C)(C)C.[2H]C1(C(C)(C)C)CCCC1.[2H]C1(C(C)(C)C)CCCCC1. The average Bonchev–Trinajstić information content (AvgIpc) is 3.66. The third-order valence-corrected chi connectivity index (χ3v) is 13.8. The first kappa shape index (κ1) is 52.7. The summed E-state index contributed by atoms with van der Waals surface area (Å²) in [5.74, 6) is -2.93. The third kappa shape index (κ3) is 43.6. The summed E-state index contributed by atoms with van der Waals surface area (Å²) in [6.45, 7) is 68.4. The van der Waals surface area contributed by atoms with E-state index < -0.39 is 36.8 Å². The van der Waals surface area contributed by atoms with Crippen molar-refractivity contribution in [1.82, 2.24) is 0 Å². The molecule has 70 heavy (non-hydrogen) atoms. The molecule has 3 rings (SSSR count). The minimum absolute atomic E-state index is 0.0469. The molecular weight excluding hydrogens is 841 g/mol. The van der Waals surface area contributed by atoms with Crippen LogP contribution in [0, 0.1) is 98.4 Å². The molecule has 0 heteroatoms. The molecule has 0 heterocycles. The monoisotopic (exact) mass is 999 g/mol. The van der Waals surface area contributed by atoms with Gasteiger partial charge in [-0.2, -0.15) is 0 Å². The van der Waals surface area contributed by atoms with Gasteiger partial charge in [-0.05, 0) is 146 Å². The first-order valence-electron chi connectivity index (χ1n) is 34.9. The number of benzene rings is 1. The Morgan fingerprint density at radius 3 is 0.914 bits per heavy atom. The minimum atomic E-state index is -2.64. The Kier molecular flexibility index (Phi) is 25.0. The highest BCUT2D eigenvalue weighted by molar-refractivity contribution is 5.38. The Bertz CT molecular complexity index is 1830. The Labute approximate surface area is 469 Å². The van der Waals surface area contributed by atoms with Gasteiger partial charge in [0, 0.05) is 19.2 Å². The average molecular weight is 1000 g/mol. The number of hydrogen-bond donors (Lipinski definition) is 0. The fourth-order valence-corrected chi connectivity index (χ4v) is 7.64. The predicted molar refractivity (Wildman–Crippen MR) is 332 cm³/mol. The van der Waals surface area contributed by atoms with Crippen molar-refractivity contribution in [3.05, 3.63) is 34.9 Å². The second-order valence-electron chi connectivity index (χ2n) is 30.6. The zero-order valence-corrected chi connectivity index (χ0v) is 55.2. The van der Waals surface area contributed by atoms with Crippen LogP contribution in [0.1, 0.15) is 349 Å². The first-order valence-corrected chi connectivity index (χ1v) is 27.9. The lowest BCUT2D eigenvalue weighted by molar-refractivity contribution is 0.121. The summed E-state index contributed by atoms with van der Waals surface area (Å²) in [5, 5.41) is 0. The predicted octanol–water partition coefficient (Wildman–Crippen LogP) is 25.3. The Morgan fingerprint density at radius 2 is 0.814 bits per heavy atom. The molecule has 0 bridgehead atoms. The van der Waals surface area contributed by atoms with Crippen LogP contribution in [-0.2, 0) is 5.41 Å². The highest BCUT2D eigenvalue weighted by Crippen LogP contribution is 2.40. The lowest BCUT2D eigenvalue weighted by atomic mass is 9.68. The molecule has 0 saturated heterocycles. The molecule has 2 aliphatic carbocycles. The molecule has 0 amide bonds. The number of rotatable bonds is 2. The molecule has 2 saturated carbocycles. The third-order valence-electron chi connectivity index (χ3n) is 13.8. The summed E-state index contributed by atoms with van der Waals surface area (Å²) >= 11 is 0. The van der Waals surface area contributed by atoms with E-state index in [2.05, 4.69) is 191 Å². The molecule has 1 aromatic carbocycles. The van der Waals surface area contributed by atoms with Crippen molar-refractivity contribution in [3.8, 4) is 0 Å². The van der Waals surface area contributed by atoms with Crippen LogP contribution in [0.3, 0.4) is 0 Å². The molecule has 0 spiro atoms. The Balaban J connectivity index is -0.000000285. The minimum Gasteiger partial charge on any atom is -0.0651 e. The van der Waals surface area contributed by atoms with Gasteiger partial charge < -0.3 is 0 Å². The van der Waals surface area contributed by atoms with E-state index in [9.17, 15) is 0 Å². The second-order valence-corrected chi connectivity index (χ2v) is 30.6. The van der Waals surface area contributed by atoms with Gasteiger partial charge in [0.1, 0.15) is 0 Å². The summed E-state index contributed by atoms with van der Waals surface area (Å²) in [4.78, 5) is 0. The zero-order chi connectivity index (χ0) is 69.8. The van der Waals surface area contributed by atoms with Crippen molar-refractivity contribution in [2.24, 2.45) is 84.6 Å². The maximum atomic E-state index is 8.27. The van der Waals surface area contributed by atoms with Gasteiger partial charge in [0.05, 0.1) is 0 Å². The van der Waals surface area contributed by atoms with Crippen LogP contribution in [0.15, 0.2) is 18.2 Å². The summed E-state index contributed by atoms with van der Waals surface area (Å²) in [6, 6.07) is 6.50. The van der Waals surface area contributed by atoms with Crippen molar-refractivity contribution >= 4 is 0 Å². The maximum absolute atomic E-state index is 8.27. The van der Waals surface area contributed by atoms with E-state index in [4.69, 9.17) is 19.2 Å². The molecule has 0 nitrogen and oxygen atoms in total. The van der Waals surface area contributed by atoms with Crippen LogP contribution in [0.5, 0.6) is 0 Å². The van der Waals surface area contributed by atoms with E-state index in [0.29, 0.717) is 5.92 Å². The summed E-state index contributed by atoms with van der Waals surface area (Å²) in [5.41, 5.74) is 3.70. The van der Waals surface area contributed by atoms with E-state index in [0.717, 1.165) is 32.6 Å². The molecule has 0 radical (unpaired) electrons. The van der Waals surface area contributed by atoms with Gasteiger partial charge >= 0.3 is 0 Å². The maximum Gasteiger partial charge on any atom is 0.0311 e. The summed E-state index contributed by atoms with van der Waals surface area (Å²) in [7, 11) is 0. The van der Waals surface area contributed by atoms with E-state index in [-0.39, 0.29) is 67.4 Å². The van der Waals surface area contributed by atoms with Crippen molar-refractivity contribution in [3.63, 3.8) is 0 Å². The zero-order valence-electron chi connectivity index (χ0n) is 69.2. The van der Waals surface area contributed by atoms with E-state index >= 15 is 0 Å². The molecule has 2 aliphatic rings. The standard InChI is InChI=1S/C12H18.C10H20.C10H22.C9H18.C9H20.C8H18.C7H16.C5H12/c1-9-7-6-8-10(2)11(9)12(3,4)5;1-10(2,3)9-7-5-4-6-8-9;1-8(9(2,3)4)10(5,6)7;1-9(2,3)8-6-4-5-7-8;1-7(2)8(3)9(4,5)6;1-6-7(2)8(3,4)5;1-6(2)7(3,4)5;1-5(2,3)4/h6-8H,1-5H3;9H,4-8H2,1-3H3;8H,1-7H3;8H,4-7H2,1-3H3;7-8H,1-6H3;7H,6H2,1-5H3;6H,1-5H3;1-4H3/i;9D;3*8D;2D3,6D2,7D;6D;1D3. The fourth-order valence-electron chi connectivity index (χ4n) is 7.64. The molecule has 0 N–H and O–H groups in total. The molecule has 1 aromatic rings. The van der Waals surface area contributed by atoms with Gasteiger partial charge in [-0.3, -0.25) is 0 Å². The van der Waals surface area contributed by atoms with Crippen LogP contribution in [-0.4, -0.2) is 0 Å². The Hall–Kier alpha value is -0.780. The lowest BCUT2D eigenvalue weighted by Gasteiger charge is -2.38. The highest BCUT2D eigenvalue weighted by Gasteiger charge is 2.31. The quantitative estimate of drug-likeness (QED) is 0.277. The highest BCUT2D eigenvalue weighted by atomic mass is 14.4. The number of aryl methyl sites for hydroxylation is 2. The van der Waals surface area contributed by atoms with Gasteiger partial charge in [0.2, 0.25) is 0 Å². The molecule has 0 aliphatic heterocycles. The van der Waals surface area contributed by atoms with Crippen molar-refractivity contribution in [2.75, 3.05) is 0 Å². The van der Waals surface area contributed by atoms with Crippen LogP contribution < -0.4 is 0 Å². The van der Waals surface area contributed by atoms with Gasteiger partial charge in [-0.1, -0.05) is 306 Å². The smallest absolute Gasteiger partial charge is 0.0311 e. The molecule has 424 valence electrons. The van der Waals surface area contributed by atoms with Gasteiger partial charge in [-0.25, -0.2) is 0 Å². The van der Waals surface area contributed by atoms with Crippen molar-refractivity contribution < 1.29 is 19.2 Å². The Morgan fingerprint density at radius 1 is 0.514 bits per heavy atom. The lowest BCUT2D eigenvalue weighted by Crippen LogP contribution is -2.29. The molecule has 2 unspecified atom stereocenters. The van der Waals surface area contributed by atoms with Gasteiger partial charge in [0.15, 0.2) is 0 Å². The summed E-state index contributed by atoms with van der Waals surface area (Å²) < 4.78 is 106. The van der Waals surface area contributed by atoms with E-state index in [1.165, 1.54) is 48.8 Å². The molecule has 2 atom stereocenters. The van der Waals surface area contributed by atoms with E-state index in [1.54, 1.807) is 41.5 Å². The molecule has 2 fully saturated rings. The second kappa shape index (κ2) is 33.3. The number of hydrogen-bond acceptors (Lipinski definition) is 0. The fraction of sp³-hybridized carbons (Fsp3) is 0.914. The molecule has 0 aromatic heterocycles. The summed E-state index contributed by atoms with van der Waals surface area (Å²) in [6.07, 6.45) is 8.76. The topological polar surface area (TPSA) is 0 Å². The van der Waals surface area contributed by atoms with E-state index in [1.807, 2.05) is 27.7 Å². The van der Waals surface area contributed by atoms with Gasteiger partial charge in [0.25, 0.3) is 0 Å². The van der Waals surface area contributed by atoms with Crippen LogP contribution in [0.4, 0.5) is 0 Å². The van der Waals surface area contributed by atoms with Crippen molar-refractivity contribution in [2.45, 2.75) is 333 Å². The first-order chi connectivity index (χ1) is 35.8. The largest absolute Gasteiger partial charge is 0.0651 e.